The summed E-state index contributed by atoms with van der Waals surface area (Å²) in [5.74, 6) is 0.643. The van der Waals surface area contributed by atoms with E-state index in [0.717, 1.165) is 6.42 Å². The Kier molecular flexibility index (Phi) is 7.14. The van der Waals surface area contributed by atoms with E-state index in [1.165, 1.54) is 64.2 Å². The highest BCUT2D eigenvalue weighted by Gasteiger charge is 2.31. The third-order valence-corrected chi connectivity index (χ3v) is 6.01. The monoisotopic (exact) mass is 315 g/mol. The molecule has 0 aliphatic heterocycles. The Morgan fingerprint density at radius 2 is 1.78 bits per heavy atom. The first-order chi connectivity index (χ1) is 11.1. The fourth-order valence-corrected chi connectivity index (χ4v) is 3.92. The molecule has 0 bridgehead atoms. The van der Waals surface area contributed by atoms with E-state index in [4.69, 9.17) is 5.73 Å². The highest BCUT2D eigenvalue weighted by molar-refractivity contribution is 5.35. The van der Waals surface area contributed by atoms with Crippen LogP contribution in [0.1, 0.15) is 88.8 Å². The van der Waals surface area contributed by atoms with Gasteiger partial charge in [-0.05, 0) is 68.1 Å². The van der Waals surface area contributed by atoms with Crippen molar-refractivity contribution in [1.82, 2.24) is 0 Å². The fourth-order valence-electron chi connectivity index (χ4n) is 3.92. The van der Waals surface area contributed by atoms with Gasteiger partial charge < -0.3 is 5.73 Å². The van der Waals surface area contributed by atoms with Crippen LogP contribution in [-0.2, 0) is 19.3 Å². The van der Waals surface area contributed by atoms with Gasteiger partial charge in [0, 0.05) is 5.54 Å². The molecule has 1 aromatic rings. The molecule has 0 fully saturated rings. The zero-order valence-corrected chi connectivity index (χ0v) is 15.7. The van der Waals surface area contributed by atoms with Gasteiger partial charge in [-0.3, -0.25) is 0 Å². The molecule has 1 heteroatoms. The van der Waals surface area contributed by atoms with Gasteiger partial charge in [-0.1, -0.05) is 64.2 Å². The first-order valence-corrected chi connectivity index (χ1v) is 9.96. The third-order valence-electron chi connectivity index (χ3n) is 6.01. The second-order valence-corrected chi connectivity index (χ2v) is 7.92. The summed E-state index contributed by atoms with van der Waals surface area (Å²) < 4.78 is 0. The molecule has 2 unspecified atom stereocenters. The van der Waals surface area contributed by atoms with Gasteiger partial charge >= 0.3 is 0 Å². The maximum Gasteiger partial charge on any atom is 0.0155 e. The Hall–Kier alpha value is -0.820. The molecule has 1 aliphatic rings. The molecule has 0 aromatic heterocycles. The summed E-state index contributed by atoms with van der Waals surface area (Å²) in [4.78, 5) is 0. The summed E-state index contributed by atoms with van der Waals surface area (Å²) in [7, 11) is 0. The topological polar surface area (TPSA) is 26.0 Å². The zero-order valence-electron chi connectivity index (χ0n) is 15.7. The van der Waals surface area contributed by atoms with Gasteiger partial charge in [0.05, 0.1) is 0 Å². The summed E-state index contributed by atoms with van der Waals surface area (Å²) in [6.45, 7) is 6.74. The molecule has 1 aliphatic carbocycles. The molecule has 0 spiro atoms. The van der Waals surface area contributed by atoms with E-state index in [0.29, 0.717) is 5.92 Å². The van der Waals surface area contributed by atoms with Crippen molar-refractivity contribution in [2.24, 2.45) is 11.7 Å². The second kappa shape index (κ2) is 8.87. The highest BCUT2D eigenvalue weighted by Crippen LogP contribution is 2.33. The van der Waals surface area contributed by atoms with Crippen molar-refractivity contribution in [2.45, 2.75) is 96.9 Å². The summed E-state index contributed by atoms with van der Waals surface area (Å²) in [5.41, 5.74) is 11.2. The minimum atomic E-state index is -0.00511. The Labute approximate surface area is 144 Å². The number of hydrogen-bond acceptors (Lipinski definition) is 1. The highest BCUT2D eigenvalue weighted by atomic mass is 14.7. The number of rotatable bonds is 9. The lowest BCUT2D eigenvalue weighted by atomic mass is 9.72. The zero-order chi connectivity index (χ0) is 16.7. The minimum Gasteiger partial charge on any atom is -0.325 e. The minimum absolute atomic E-state index is 0.00511. The first-order valence-electron chi connectivity index (χ1n) is 9.96. The van der Waals surface area contributed by atoms with Crippen LogP contribution in [0.5, 0.6) is 0 Å². The molecule has 0 amide bonds. The quantitative estimate of drug-likeness (QED) is 0.571. The van der Waals surface area contributed by atoms with E-state index in [1.54, 1.807) is 16.7 Å². The molecule has 0 radical (unpaired) electrons. The summed E-state index contributed by atoms with van der Waals surface area (Å²) in [5, 5.41) is 0. The van der Waals surface area contributed by atoms with Gasteiger partial charge in [0.25, 0.3) is 0 Å². The molecule has 130 valence electrons. The van der Waals surface area contributed by atoms with Gasteiger partial charge in [0.1, 0.15) is 0 Å². The van der Waals surface area contributed by atoms with Crippen LogP contribution in [0.25, 0.3) is 0 Å². The van der Waals surface area contributed by atoms with Crippen molar-refractivity contribution in [1.29, 1.82) is 0 Å². The molecule has 2 atom stereocenters. The van der Waals surface area contributed by atoms with Crippen LogP contribution in [0.2, 0.25) is 0 Å². The molecule has 0 saturated carbocycles. The smallest absolute Gasteiger partial charge is 0.0155 e. The van der Waals surface area contributed by atoms with E-state index >= 15 is 0 Å². The third kappa shape index (κ3) is 5.35. The molecular weight excluding hydrogens is 278 g/mol. The van der Waals surface area contributed by atoms with Crippen molar-refractivity contribution in [3.05, 3.63) is 34.9 Å². The molecule has 23 heavy (non-hydrogen) atoms. The first kappa shape index (κ1) is 18.5. The van der Waals surface area contributed by atoms with Gasteiger partial charge in [0.15, 0.2) is 0 Å². The van der Waals surface area contributed by atoms with Crippen molar-refractivity contribution in [3.8, 4) is 0 Å². The SMILES string of the molecule is CCCCCCCCc1ccc2c(c1)CCC(C(C)(N)CC)C2. The van der Waals surface area contributed by atoms with Crippen LogP contribution >= 0.6 is 0 Å². The van der Waals surface area contributed by atoms with Crippen molar-refractivity contribution < 1.29 is 0 Å². The molecule has 2 N–H and O–H groups in total. The predicted molar refractivity (Wildman–Crippen MR) is 102 cm³/mol. The van der Waals surface area contributed by atoms with Crippen LogP contribution in [-0.4, -0.2) is 5.54 Å². The number of unbranched alkanes of at least 4 members (excludes halogenated alkanes) is 5. The van der Waals surface area contributed by atoms with Crippen LogP contribution in [0, 0.1) is 5.92 Å². The molecule has 2 rings (SSSR count). The van der Waals surface area contributed by atoms with Crippen molar-refractivity contribution >= 4 is 0 Å². The second-order valence-electron chi connectivity index (χ2n) is 7.92. The Morgan fingerprint density at radius 3 is 2.52 bits per heavy atom. The van der Waals surface area contributed by atoms with Gasteiger partial charge in [-0.2, -0.15) is 0 Å². The van der Waals surface area contributed by atoms with Crippen LogP contribution in [0.3, 0.4) is 0 Å². The van der Waals surface area contributed by atoms with E-state index in [-0.39, 0.29) is 5.54 Å². The predicted octanol–water partition coefficient (Wildman–Crippen LogP) is 5.82. The molecule has 0 saturated heterocycles. The molecule has 1 aromatic carbocycles. The largest absolute Gasteiger partial charge is 0.325 e. The Morgan fingerprint density at radius 1 is 1.04 bits per heavy atom. The maximum absolute atomic E-state index is 6.49. The molecular formula is C22H37N. The lowest BCUT2D eigenvalue weighted by molar-refractivity contribution is 0.258. The lowest BCUT2D eigenvalue weighted by Gasteiger charge is -2.37. The number of benzene rings is 1. The molecule has 0 heterocycles. The molecule has 1 nitrogen and oxygen atoms in total. The number of hydrogen-bond donors (Lipinski definition) is 1. The number of aryl methyl sites for hydroxylation is 2. The average Bonchev–Trinajstić information content (AvgIpc) is 2.57. The summed E-state index contributed by atoms with van der Waals surface area (Å²) >= 11 is 0. The van der Waals surface area contributed by atoms with Crippen LogP contribution in [0.15, 0.2) is 18.2 Å². The van der Waals surface area contributed by atoms with Crippen molar-refractivity contribution in [3.63, 3.8) is 0 Å². The number of nitrogens with two attached hydrogens (primary N) is 1. The van der Waals surface area contributed by atoms with Gasteiger partial charge in [-0.25, -0.2) is 0 Å². The van der Waals surface area contributed by atoms with E-state index in [9.17, 15) is 0 Å². The fraction of sp³-hybridized carbons (Fsp3) is 0.727. The van der Waals surface area contributed by atoms with Crippen LogP contribution in [0.4, 0.5) is 0 Å². The van der Waals surface area contributed by atoms with Crippen molar-refractivity contribution in [2.75, 3.05) is 0 Å². The Bertz CT molecular complexity index is 475. The van der Waals surface area contributed by atoms with Crippen LogP contribution < -0.4 is 5.73 Å². The average molecular weight is 316 g/mol. The van der Waals surface area contributed by atoms with E-state index < -0.39 is 0 Å². The Balaban J connectivity index is 1.84. The lowest BCUT2D eigenvalue weighted by Crippen LogP contribution is -2.45. The maximum atomic E-state index is 6.49. The van der Waals surface area contributed by atoms with E-state index in [1.807, 2.05) is 0 Å². The van der Waals surface area contributed by atoms with Gasteiger partial charge in [0.2, 0.25) is 0 Å². The summed E-state index contributed by atoms with van der Waals surface area (Å²) in [6, 6.07) is 7.24. The van der Waals surface area contributed by atoms with E-state index in [2.05, 4.69) is 39.0 Å². The normalized spacial score (nSPS) is 20.1. The summed E-state index contributed by atoms with van der Waals surface area (Å²) in [6.07, 6.45) is 14.3. The number of fused-ring (bicyclic) bond motifs is 1. The van der Waals surface area contributed by atoms with Gasteiger partial charge in [-0.15, -0.1) is 0 Å². The standard InChI is InChI=1S/C22H37N/c1-4-6-7-8-9-10-11-18-12-13-20-17-21(22(3,23)5-2)15-14-19(20)16-18/h12-13,16,21H,4-11,14-15,17,23H2,1-3H3.